The van der Waals surface area contributed by atoms with E-state index in [1.54, 1.807) is 6.08 Å². The number of thiocarbonyl (C=S) groups is 1. The van der Waals surface area contributed by atoms with Crippen LogP contribution in [0.3, 0.4) is 0 Å². The monoisotopic (exact) mass is 393 g/mol. The van der Waals surface area contributed by atoms with Gasteiger partial charge in [-0.1, -0.05) is 24.0 Å². The average Bonchev–Trinajstić information content (AvgIpc) is 3.05. The largest absolute Gasteiger partial charge is 0.493 e. The Morgan fingerprint density at radius 2 is 2.31 bits per heavy atom. The van der Waals surface area contributed by atoms with Crippen molar-refractivity contribution in [3.8, 4) is 11.5 Å². The Morgan fingerprint density at radius 1 is 1.54 bits per heavy atom. The lowest BCUT2D eigenvalue weighted by molar-refractivity contribution is -0.137. The molecule has 1 aromatic carbocycles. The van der Waals surface area contributed by atoms with Gasteiger partial charge >= 0.3 is 5.97 Å². The molecule has 138 valence electrons. The topological polar surface area (TPSA) is 76.1 Å². The number of amides is 1. The van der Waals surface area contributed by atoms with Gasteiger partial charge in [-0.15, -0.1) is 0 Å². The fraction of sp³-hybridized carbons (Fsp3) is 0.389. The standard InChI is InChI=1S/C18H19NO5S2/c1-3-23-13-7-11-6-10(2)24-14(11)8-12(13)9-15-17(22)19(18(25)26-15)5-4-16(20)21/h7-10H,3-6H2,1-2H3,(H,20,21)/b15-9-/t10-/m0/s1. The Balaban J connectivity index is 1.89. The molecule has 2 aliphatic heterocycles. The molecule has 2 aliphatic rings. The molecule has 0 radical (unpaired) electrons. The van der Waals surface area contributed by atoms with Gasteiger partial charge in [0.2, 0.25) is 0 Å². The normalized spacial score (nSPS) is 20.5. The molecule has 1 saturated heterocycles. The Morgan fingerprint density at radius 3 is 3.00 bits per heavy atom. The van der Waals surface area contributed by atoms with Gasteiger partial charge in [0, 0.05) is 24.1 Å². The van der Waals surface area contributed by atoms with Crippen LogP contribution in [0.4, 0.5) is 0 Å². The molecule has 6 nitrogen and oxygen atoms in total. The fourth-order valence-corrected chi connectivity index (χ4v) is 4.19. The second kappa shape index (κ2) is 7.67. The number of aliphatic carboxylic acids is 1. The van der Waals surface area contributed by atoms with Crippen molar-refractivity contribution < 1.29 is 24.2 Å². The Labute approximate surface area is 161 Å². The van der Waals surface area contributed by atoms with Crippen LogP contribution in [-0.2, 0) is 16.0 Å². The third kappa shape index (κ3) is 3.86. The third-order valence-electron chi connectivity index (χ3n) is 4.04. The van der Waals surface area contributed by atoms with Gasteiger partial charge in [0.1, 0.15) is 21.9 Å². The summed E-state index contributed by atoms with van der Waals surface area (Å²) in [6, 6.07) is 3.84. The zero-order valence-electron chi connectivity index (χ0n) is 14.5. The van der Waals surface area contributed by atoms with Gasteiger partial charge in [0.25, 0.3) is 5.91 Å². The fourth-order valence-electron chi connectivity index (χ4n) is 2.89. The molecular formula is C18H19NO5S2. The summed E-state index contributed by atoms with van der Waals surface area (Å²) in [6.45, 7) is 4.49. The van der Waals surface area contributed by atoms with Crippen LogP contribution < -0.4 is 9.47 Å². The summed E-state index contributed by atoms with van der Waals surface area (Å²) in [6.07, 6.45) is 2.53. The molecule has 0 spiro atoms. The van der Waals surface area contributed by atoms with Gasteiger partial charge in [0.05, 0.1) is 17.9 Å². The number of carboxylic acids is 1. The molecule has 26 heavy (non-hydrogen) atoms. The molecule has 0 unspecified atom stereocenters. The molecule has 3 rings (SSSR count). The van der Waals surface area contributed by atoms with Crippen LogP contribution in [0.2, 0.25) is 0 Å². The number of rotatable bonds is 6. The SMILES string of the molecule is CCOc1cc2c(cc1/C=C1\SC(=S)N(CCC(=O)O)C1=O)O[C@@H](C)C2. The van der Waals surface area contributed by atoms with Gasteiger partial charge < -0.3 is 14.6 Å². The summed E-state index contributed by atoms with van der Waals surface area (Å²) in [5, 5.41) is 8.82. The molecule has 0 aromatic heterocycles. The second-order valence-corrected chi connectivity index (χ2v) is 7.72. The Hall–Kier alpha value is -2.06. The van der Waals surface area contributed by atoms with E-state index in [1.165, 1.54) is 16.7 Å². The van der Waals surface area contributed by atoms with Gasteiger partial charge in [-0.3, -0.25) is 14.5 Å². The zero-order chi connectivity index (χ0) is 18.8. The van der Waals surface area contributed by atoms with Crippen LogP contribution in [0.25, 0.3) is 6.08 Å². The molecule has 2 heterocycles. The highest BCUT2D eigenvalue weighted by atomic mass is 32.2. The number of carbonyl (C=O) groups excluding carboxylic acids is 1. The molecule has 0 aliphatic carbocycles. The third-order valence-corrected chi connectivity index (χ3v) is 5.42. The molecule has 8 heteroatoms. The summed E-state index contributed by atoms with van der Waals surface area (Å²) < 4.78 is 11.9. The van der Waals surface area contributed by atoms with Crippen LogP contribution in [0.1, 0.15) is 31.4 Å². The highest BCUT2D eigenvalue weighted by molar-refractivity contribution is 8.26. The quantitative estimate of drug-likeness (QED) is 0.588. The van der Waals surface area contributed by atoms with Crippen molar-refractivity contribution in [2.45, 2.75) is 32.8 Å². The molecule has 1 aromatic rings. The van der Waals surface area contributed by atoms with E-state index in [9.17, 15) is 9.59 Å². The van der Waals surface area contributed by atoms with Crippen LogP contribution in [0.5, 0.6) is 11.5 Å². The van der Waals surface area contributed by atoms with E-state index in [4.69, 9.17) is 26.8 Å². The number of carboxylic acid groups (broad SMARTS) is 1. The Kier molecular flexibility index (Phi) is 5.52. The van der Waals surface area contributed by atoms with E-state index in [-0.39, 0.29) is 25.0 Å². The van der Waals surface area contributed by atoms with Crippen molar-refractivity contribution in [1.29, 1.82) is 0 Å². The van der Waals surface area contributed by atoms with Crippen molar-refractivity contribution in [3.05, 3.63) is 28.2 Å². The second-order valence-electron chi connectivity index (χ2n) is 6.04. The van der Waals surface area contributed by atoms with E-state index >= 15 is 0 Å². The first-order chi connectivity index (χ1) is 12.4. The molecule has 0 saturated carbocycles. The minimum absolute atomic E-state index is 0.0699. The highest BCUT2D eigenvalue weighted by Crippen LogP contribution is 2.39. The van der Waals surface area contributed by atoms with E-state index in [0.717, 1.165) is 23.3 Å². The van der Waals surface area contributed by atoms with E-state index in [0.29, 0.717) is 21.6 Å². The number of benzene rings is 1. The maximum Gasteiger partial charge on any atom is 0.305 e. The molecular weight excluding hydrogens is 374 g/mol. The van der Waals surface area contributed by atoms with Gasteiger partial charge in [0.15, 0.2) is 0 Å². The van der Waals surface area contributed by atoms with E-state index < -0.39 is 5.97 Å². The maximum atomic E-state index is 12.6. The number of hydrogen-bond acceptors (Lipinski definition) is 6. The van der Waals surface area contributed by atoms with E-state index in [2.05, 4.69) is 0 Å². The lowest BCUT2D eigenvalue weighted by Crippen LogP contribution is -2.30. The smallest absolute Gasteiger partial charge is 0.305 e. The minimum atomic E-state index is -0.966. The molecule has 0 bridgehead atoms. The number of carbonyl (C=O) groups is 2. The lowest BCUT2D eigenvalue weighted by atomic mass is 10.1. The highest BCUT2D eigenvalue weighted by Gasteiger charge is 2.32. The minimum Gasteiger partial charge on any atom is -0.493 e. The summed E-state index contributed by atoms with van der Waals surface area (Å²) in [5.74, 6) is 0.248. The van der Waals surface area contributed by atoms with Gasteiger partial charge in [-0.25, -0.2) is 0 Å². The lowest BCUT2D eigenvalue weighted by Gasteiger charge is -2.12. The van der Waals surface area contributed by atoms with Crippen LogP contribution >= 0.6 is 24.0 Å². The van der Waals surface area contributed by atoms with Gasteiger partial charge in [-0.05, 0) is 32.1 Å². The predicted molar refractivity (Wildman–Crippen MR) is 104 cm³/mol. The van der Waals surface area contributed by atoms with Crippen molar-refractivity contribution in [1.82, 2.24) is 4.90 Å². The van der Waals surface area contributed by atoms with Crippen molar-refractivity contribution in [2.75, 3.05) is 13.2 Å². The number of thioether (sulfide) groups is 1. The van der Waals surface area contributed by atoms with Gasteiger partial charge in [-0.2, -0.15) is 0 Å². The summed E-state index contributed by atoms with van der Waals surface area (Å²) in [7, 11) is 0. The first-order valence-electron chi connectivity index (χ1n) is 8.32. The number of hydrogen-bond donors (Lipinski definition) is 1. The summed E-state index contributed by atoms with van der Waals surface area (Å²) >= 11 is 6.39. The van der Waals surface area contributed by atoms with E-state index in [1.807, 2.05) is 26.0 Å². The van der Waals surface area contributed by atoms with Crippen LogP contribution in [0.15, 0.2) is 17.0 Å². The summed E-state index contributed by atoms with van der Waals surface area (Å²) in [5.41, 5.74) is 1.84. The number of fused-ring (bicyclic) bond motifs is 1. The average molecular weight is 393 g/mol. The van der Waals surface area contributed by atoms with Crippen molar-refractivity contribution in [2.24, 2.45) is 0 Å². The van der Waals surface area contributed by atoms with Crippen LogP contribution in [0, 0.1) is 0 Å². The molecule has 1 amide bonds. The maximum absolute atomic E-state index is 12.6. The predicted octanol–water partition coefficient (Wildman–Crippen LogP) is 3.08. The first kappa shape index (κ1) is 18.7. The number of nitrogens with zero attached hydrogens (tertiary/aromatic N) is 1. The first-order valence-corrected chi connectivity index (χ1v) is 9.55. The molecule has 1 fully saturated rings. The Bertz CT molecular complexity index is 805. The van der Waals surface area contributed by atoms with Crippen molar-refractivity contribution >= 4 is 46.3 Å². The molecule has 1 atom stereocenters. The summed E-state index contributed by atoms with van der Waals surface area (Å²) in [4.78, 5) is 25.1. The number of ether oxygens (including phenoxy) is 2. The zero-order valence-corrected chi connectivity index (χ0v) is 16.1. The van der Waals surface area contributed by atoms with Crippen molar-refractivity contribution in [3.63, 3.8) is 0 Å². The molecule has 1 N–H and O–H groups in total. The van der Waals surface area contributed by atoms with Crippen LogP contribution in [-0.4, -0.2) is 45.5 Å².